The van der Waals surface area contributed by atoms with E-state index >= 15 is 0 Å². The molecule has 132 valence electrons. The Bertz CT molecular complexity index is 429. The van der Waals surface area contributed by atoms with Gasteiger partial charge in [-0.2, -0.15) is 0 Å². The van der Waals surface area contributed by atoms with Crippen molar-refractivity contribution < 1.29 is 24.4 Å². The molecule has 1 fully saturated rings. The third-order valence-corrected chi connectivity index (χ3v) is 4.17. The van der Waals surface area contributed by atoms with E-state index in [4.69, 9.17) is 19.6 Å². The Morgan fingerprint density at radius 2 is 2.22 bits per heavy atom. The summed E-state index contributed by atoms with van der Waals surface area (Å²) in [7, 11) is 1.61. The number of allylic oxidation sites excluding steroid dienone is 4. The molecule has 0 aromatic rings. The molecule has 0 aromatic carbocycles. The highest BCUT2D eigenvalue weighted by Crippen LogP contribution is 2.36. The van der Waals surface area contributed by atoms with Crippen LogP contribution in [0.1, 0.15) is 59.3 Å². The molecule has 1 aliphatic heterocycles. The van der Waals surface area contributed by atoms with E-state index in [0.717, 1.165) is 19.3 Å². The minimum absolute atomic E-state index is 0.0489. The minimum Gasteiger partial charge on any atom is -0.481 e. The van der Waals surface area contributed by atoms with Crippen LogP contribution in [-0.2, 0) is 19.3 Å². The number of methoxy groups -OCH3 is 1. The highest BCUT2D eigenvalue weighted by molar-refractivity contribution is 5.67. The van der Waals surface area contributed by atoms with Gasteiger partial charge in [0.15, 0.2) is 0 Å². The maximum Gasteiger partial charge on any atom is 0.306 e. The van der Waals surface area contributed by atoms with E-state index in [0.29, 0.717) is 12.8 Å². The first-order valence-corrected chi connectivity index (χ1v) is 8.37. The normalized spacial score (nSPS) is 29.1. The van der Waals surface area contributed by atoms with Crippen molar-refractivity contribution in [1.29, 1.82) is 0 Å². The maximum absolute atomic E-state index is 10.8. The summed E-state index contributed by atoms with van der Waals surface area (Å²) < 4.78 is 5.54. The Labute approximate surface area is 139 Å². The van der Waals surface area contributed by atoms with Crippen LogP contribution in [0.2, 0.25) is 0 Å². The first kappa shape index (κ1) is 19.9. The van der Waals surface area contributed by atoms with Crippen LogP contribution in [-0.4, -0.2) is 30.1 Å². The maximum atomic E-state index is 10.8. The number of carboxylic acids is 1. The largest absolute Gasteiger partial charge is 0.481 e. The molecular formula is C18H30O5. The van der Waals surface area contributed by atoms with Crippen molar-refractivity contribution in [2.45, 2.75) is 71.2 Å². The molecule has 1 aliphatic rings. The van der Waals surface area contributed by atoms with Gasteiger partial charge in [0, 0.05) is 20.0 Å². The topological polar surface area (TPSA) is 65.0 Å². The first-order chi connectivity index (χ1) is 10.9. The van der Waals surface area contributed by atoms with Gasteiger partial charge in [0.05, 0.1) is 6.42 Å². The average molecular weight is 326 g/mol. The van der Waals surface area contributed by atoms with Crippen molar-refractivity contribution in [3.05, 3.63) is 23.8 Å². The molecular weight excluding hydrogens is 296 g/mol. The number of hydrogen-bond acceptors (Lipinski definition) is 4. The van der Waals surface area contributed by atoms with Gasteiger partial charge in [-0.3, -0.25) is 4.79 Å². The highest BCUT2D eigenvalue weighted by atomic mass is 17.2. The second-order valence-corrected chi connectivity index (χ2v) is 6.26. The van der Waals surface area contributed by atoms with Gasteiger partial charge in [-0.15, -0.1) is 0 Å². The van der Waals surface area contributed by atoms with Crippen LogP contribution in [0.25, 0.3) is 0 Å². The SMILES string of the molecule is CC/C=C(C)/C=C/CCC[C@]1(OC)C[C@H](C)[C@H](CC(=O)O)OO1. The number of aliphatic carboxylic acids is 1. The van der Waals surface area contributed by atoms with E-state index in [-0.39, 0.29) is 12.3 Å². The molecule has 0 bridgehead atoms. The van der Waals surface area contributed by atoms with E-state index in [2.05, 4.69) is 32.1 Å². The van der Waals surface area contributed by atoms with Gasteiger partial charge in [-0.05, 0) is 32.1 Å². The minimum atomic E-state index is -0.879. The van der Waals surface area contributed by atoms with Crippen LogP contribution >= 0.6 is 0 Å². The summed E-state index contributed by atoms with van der Waals surface area (Å²) >= 11 is 0. The molecule has 23 heavy (non-hydrogen) atoms. The lowest BCUT2D eigenvalue weighted by Gasteiger charge is -2.40. The number of hydrogen-bond donors (Lipinski definition) is 1. The summed E-state index contributed by atoms with van der Waals surface area (Å²) in [6.07, 6.45) is 10.3. The number of rotatable bonds is 9. The predicted octanol–water partition coefficient (Wildman–Crippen LogP) is 4.24. The molecule has 1 heterocycles. The fourth-order valence-electron chi connectivity index (χ4n) is 2.82. The van der Waals surface area contributed by atoms with Crippen molar-refractivity contribution in [2.24, 2.45) is 5.92 Å². The predicted molar refractivity (Wildman–Crippen MR) is 88.8 cm³/mol. The van der Waals surface area contributed by atoms with E-state index in [9.17, 15) is 4.79 Å². The number of carbonyl (C=O) groups is 1. The van der Waals surface area contributed by atoms with Crippen molar-refractivity contribution >= 4 is 5.97 Å². The van der Waals surface area contributed by atoms with Crippen molar-refractivity contribution in [2.75, 3.05) is 7.11 Å². The summed E-state index contributed by atoms with van der Waals surface area (Å²) in [6.45, 7) is 6.20. The first-order valence-electron chi connectivity index (χ1n) is 8.37. The third kappa shape index (κ3) is 6.85. The van der Waals surface area contributed by atoms with Gasteiger partial charge in [0.2, 0.25) is 5.79 Å². The summed E-state index contributed by atoms with van der Waals surface area (Å²) in [5.41, 5.74) is 1.27. The summed E-state index contributed by atoms with van der Waals surface area (Å²) in [5.74, 6) is -1.57. The monoisotopic (exact) mass is 326 g/mol. The van der Waals surface area contributed by atoms with Crippen LogP contribution in [0.5, 0.6) is 0 Å². The molecule has 1 rings (SSSR count). The Morgan fingerprint density at radius 1 is 1.48 bits per heavy atom. The molecule has 1 N–H and O–H groups in total. The lowest BCUT2D eigenvalue weighted by Crippen LogP contribution is -2.46. The summed E-state index contributed by atoms with van der Waals surface area (Å²) in [6, 6.07) is 0. The lowest BCUT2D eigenvalue weighted by molar-refractivity contribution is -0.475. The van der Waals surface area contributed by atoms with Crippen LogP contribution < -0.4 is 0 Å². The molecule has 3 atom stereocenters. The lowest BCUT2D eigenvalue weighted by atomic mass is 9.90. The molecule has 5 nitrogen and oxygen atoms in total. The second-order valence-electron chi connectivity index (χ2n) is 6.26. The smallest absolute Gasteiger partial charge is 0.306 e. The fourth-order valence-corrected chi connectivity index (χ4v) is 2.82. The number of carboxylic acid groups (broad SMARTS) is 1. The highest BCUT2D eigenvalue weighted by Gasteiger charge is 2.42. The van der Waals surface area contributed by atoms with Gasteiger partial charge >= 0.3 is 5.97 Å². The van der Waals surface area contributed by atoms with Crippen molar-refractivity contribution in [1.82, 2.24) is 0 Å². The Hall–Kier alpha value is -1.17. The molecule has 5 heteroatoms. The second kappa shape index (κ2) is 9.85. The van der Waals surface area contributed by atoms with E-state index in [1.165, 1.54) is 5.57 Å². The van der Waals surface area contributed by atoms with E-state index < -0.39 is 17.9 Å². The zero-order valence-corrected chi connectivity index (χ0v) is 14.7. The van der Waals surface area contributed by atoms with Gasteiger partial charge in [0.25, 0.3) is 0 Å². The van der Waals surface area contributed by atoms with Gasteiger partial charge in [-0.1, -0.05) is 37.6 Å². The van der Waals surface area contributed by atoms with Crippen LogP contribution in [0.15, 0.2) is 23.8 Å². The zero-order valence-electron chi connectivity index (χ0n) is 14.7. The average Bonchev–Trinajstić information content (AvgIpc) is 2.49. The van der Waals surface area contributed by atoms with Gasteiger partial charge in [-0.25, -0.2) is 9.78 Å². The Morgan fingerprint density at radius 3 is 2.78 bits per heavy atom. The molecule has 1 saturated heterocycles. The fraction of sp³-hybridized carbons (Fsp3) is 0.722. The van der Waals surface area contributed by atoms with Gasteiger partial charge in [0.1, 0.15) is 6.10 Å². The number of ether oxygens (including phenoxy) is 1. The van der Waals surface area contributed by atoms with E-state index in [1.54, 1.807) is 7.11 Å². The number of unbranched alkanes of at least 4 members (excludes halogenated alkanes) is 1. The Balaban J connectivity index is 2.44. The molecule has 0 unspecified atom stereocenters. The standard InChI is InChI=1S/C18H30O5/c1-5-9-14(2)10-7-6-8-11-18(21-4)13-15(3)16(22-23-18)12-17(19)20/h7,9-10,15-16H,5-6,8,11-13H2,1-4H3,(H,19,20)/b10-7+,14-9+/t15-,16-,18+/m0/s1. The molecule has 0 amide bonds. The van der Waals surface area contributed by atoms with Crippen molar-refractivity contribution in [3.63, 3.8) is 0 Å². The molecule has 0 saturated carbocycles. The summed E-state index contributed by atoms with van der Waals surface area (Å²) in [5, 5.41) is 8.88. The molecule has 0 aromatic heterocycles. The van der Waals surface area contributed by atoms with Crippen LogP contribution in [0.3, 0.4) is 0 Å². The van der Waals surface area contributed by atoms with Crippen molar-refractivity contribution in [3.8, 4) is 0 Å². The zero-order chi connectivity index (χ0) is 17.3. The van der Waals surface area contributed by atoms with E-state index in [1.807, 2.05) is 6.92 Å². The Kier molecular flexibility index (Phi) is 8.52. The van der Waals surface area contributed by atoms with Crippen LogP contribution in [0, 0.1) is 5.92 Å². The molecule has 0 spiro atoms. The third-order valence-electron chi connectivity index (χ3n) is 4.17. The van der Waals surface area contributed by atoms with Crippen LogP contribution in [0.4, 0.5) is 0 Å². The summed E-state index contributed by atoms with van der Waals surface area (Å²) in [4.78, 5) is 21.6. The quantitative estimate of drug-likeness (QED) is 0.390. The molecule has 0 radical (unpaired) electrons. The van der Waals surface area contributed by atoms with Gasteiger partial charge < -0.3 is 9.84 Å². The molecule has 0 aliphatic carbocycles.